The van der Waals surface area contributed by atoms with E-state index in [1.165, 1.54) is 0 Å². The number of nitrogens with one attached hydrogen (secondary N) is 2. The van der Waals surface area contributed by atoms with Gasteiger partial charge in [-0.15, -0.1) is 0 Å². The van der Waals surface area contributed by atoms with Gasteiger partial charge in [0.25, 0.3) is 5.91 Å². The van der Waals surface area contributed by atoms with Gasteiger partial charge in [0.05, 0.1) is 13.4 Å². The number of carbonyl (C=O) groups excluding carboxylic acids is 1. The number of hydrogen-bond acceptors (Lipinski definition) is 6. The quantitative estimate of drug-likeness (QED) is 0.257. The highest BCUT2D eigenvalue weighted by atomic mass is 16.7. The average Bonchev–Trinajstić information content (AvgIpc) is 3.56. The van der Waals surface area contributed by atoms with Crippen LogP contribution in [0, 0.1) is 5.92 Å². The minimum Gasteiger partial charge on any atom is -0.497 e. The smallest absolute Gasteiger partial charge is 0.286 e. The first kappa shape index (κ1) is 25.9. The SMILES string of the molecule is CCO[C@@H]1OC(C(=O)NCCc2c[nH]c3ccc(OC)cc23)=C[C@H](c2coc3ccccc23)[C@@H]1CCCO. The summed E-state index contributed by atoms with van der Waals surface area (Å²) in [5.74, 6) is 0.488. The van der Waals surface area contributed by atoms with Crippen molar-refractivity contribution in [2.24, 2.45) is 5.92 Å². The number of hydrogen-bond donors (Lipinski definition) is 3. The Balaban J connectivity index is 1.37. The molecule has 3 atom stereocenters. The number of benzene rings is 2. The number of amides is 1. The molecule has 3 heterocycles. The van der Waals surface area contributed by atoms with E-state index in [-0.39, 0.29) is 30.1 Å². The molecule has 0 spiro atoms. The second kappa shape index (κ2) is 11.8. The molecule has 8 nitrogen and oxygen atoms in total. The molecule has 0 saturated carbocycles. The van der Waals surface area contributed by atoms with Gasteiger partial charge in [0.1, 0.15) is 11.3 Å². The molecule has 1 aliphatic heterocycles. The third-order valence-corrected chi connectivity index (χ3v) is 7.16. The van der Waals surface area contributed by atoms with Crippen molar-refractivity contribution < 1.29 is 28.5 Å². The van der Waals surface area contributed by atoms with Gasteiger partial charge in [-0.05, 0) is 62.1 Å². The number of aliphatic hydroxyl groups excluding tert-OH is 1. The summed E-state index contributed by atoms with van der Waals surface area (Å²) in [4.78, 5) is 16.6. The predicted molar refractivity (Wildman–Crippen MR) is 145 cm³/mol. The van der Waals surface area contributed by atoms with E-state index < -0.39 is 6.29 Å². The zero-order valence-corrected chi connectivity index (χ0v) is 21.7. The molecule has 0 unspecified atom stereocenters. The van der Waals surface area contributed by atoms with E-state index in [0.29, 0.717) is 32.4 Å². The van der Waals surface area contributed by atoms with Crippen LogP contribution in [-0.2, 0) is 20.7 Å². The first-order valence-electron chi connectivity index (χ1n) is 13.1. The third kappa shape index (κ3) is 5.28. The number of carbonyl (C=O) groups is 1. The third-order valence-electron chi connectivity index (χ3n) is 7.16. The highest BCUT2D eigenvalue weighted by molar-refractivity contribution is 5.92. The lowest BCUT2D eigenvalue weighted by atomic mass is 9.80. The zero-order chi connectivity index (χ0) is 26.5. The van der Waals surface area contributed by atoms with Gasteiger partial charge in [-0.25, -0.2) is 0 Å². The van der Waals surface area contributed by atoms with Crippen molar-refractivity contribution in [1.82, 2.24) is 10.3 Å². The molecule has 2 aromatic carbocycles. The van der Waals surface area contributed by atoms with E-state index in [0.717, 1.165) is 38.7 Å². The van der Waals surface area contributed by atoms with Gasteiger partial charge < -0.3 is 34.0 Å². The highest BCUT2D eigenvalue weighted by Crippen LogP contribution is 2.42. The van der Waals surface area contributed by atoms with Crippen LogP contribution < -0.4 is 10.1 Å². The summed E-state index contributed by atoms with van der Waals surface area (Å²) in [7, 11) is 1.65. The van der Waals surface area contributed by atoms with E-state index in [1.54, 1.807) is 13.4 Å². The molecule has 200 valence electrons. The Hall–Kier alpha value is -3.75. The second-order valence-electron chi connectivity index (χ2n) is 9.45. The zero-order valence-electron chi connectivity index (χ0n) is 21.7. The van der Waals surface area contributed by atoms with Gasteiger partial charge in [-0.1, -0.05) is 18.2 Å². The number of aromatic nitrogens is 1. The normalized spacial score (nSPS) is 19.3. The molecule has 38 heavy (non-hydrogen) atoms. The topological polar surface area (TPSA) is 106 Å². The Morgan fingerprint density at radius 2 is 2.05 bits per heavy atom. The molecule has 1 amide bonds. The van der Waals surface area contributed by atoms with Gasteiger partial charge in [-0.2, -0.15) is 0 Å². The van der Waals surface area contributed by atoms with Gasteiger partial charge >= 0.3 is 0 Å². The maximum Gasteiger partial charge on any atom is 0.286 e. The first-order valence-corrected chi connectivity index (χ1v) is 13.1. The number of aliphatic hydroxyl groups is 1. The monoisotopic (exact) mass is 518 g/mol. The van der Waals surface area contributed by atoms with Crippen LogP contribution >= 0.6 is 0 Å². The number of para-hydroxylation sites is 1. The molecule has 5 rings (SSSR count). The van der Waals surface area contributed by atoms with Crippen molar-refractivity contribution in [3.63, 3.8) is 0 Å². The van der Waals surface area contributed by atoms with E-state index in [1.807, 2.05) is 61.7 Å². The van der Waals surface area contributed by atoms with Crippen LogP contribution in [0.25, 0.3) is 21.9 Å². The van der Waals surface area contributed by atoms with E-state index in [4.69, 9.17) is 18.6 Å². The van der Waals surface area contributed by atoms with Crippen molar-refractivity contribution in [1.29, 1.82) is 0 Å². The number of furan rings is 1. The molecule has 0 aliphatic carbocycles. The molecule has 0 fully saturated rings. The Bertz CT molecular complexity index is 1420. The predicted octanol–water partition coefficient (Wildman–Crippen LogP) is 5.03. The summed E-state index contributed by atoms with van der Waals surface area (Å²) >= 11 is 0. The maximum absolute atomic E-state index is 13.3. The van der Waals surface area contributed by atoms with Crippen LogP contribution in [0.3, 0.4) is 0 Å². The molecule has 2 aromatic heterocycles. The Kier molecular flexibility index (Phi) is 8.00. The number of fused-ring (bicyclic) bond motifs is 2. The molecular formula is C30H34N2O6. The number of methoxy groups -OCH3 is 1. The fraction of sp³-hybridized carbons (Fsp3) is 0.367. The first-order chi connectivity index (χ1) is 18.6. The van der Waals surface area contributed by atoms with Crippen molar-refractivity contribution in [3.05, 3.63) is 77.9 Å². The summed E-state index contributed by atoms with van der Waals surface area (Å²) in [6.07, 6.45) is 6.92. The molecule has 4 aromatic rings. The van der Waals surface area contributed by atoms with Crippen molar-refractivity contribution >= 4 is 27.8 Å². The molecule has 0 radical (unpaired) electrons. The van der Waals surface area contributed by atoms with Gasteiger partial charge in [0, 0.05) is 59.6 Å². The maximum atomic E-state index is 13.3. The van der Waals surface area contributed by atoms with Crippen molar-refractivity contribution in [2.75, 3.05) is 26.9 Å². The van der Waals surface area contributed by atoms with Crippen LogP contribution in [0.5, 0.6) is 5.75 Å². The minimum atomic E-state index is -0.614. The minimum absolute atomic E-state index is 0.0744. The average molecular weight is 519 g/mol. The standard InChI is InChI=1S/C30H34N2O6/c1-3-36-30-22(8-6-14-33)24(25-18-37-27-9-5-4-7-21(25)27)16-28(38-30)29(34)31-13-12-19-17-32-26-11-10-20(35-2)15-23(19)26/h4-5,7,9-11,15-18,22,24,30,32-33H,3,6,8,12-14H2,1-2H3,(H,31,34)/t22-,24-,30+/m0/s1. The lowest BCUT2D eigenvalue weighted by Crippen LogP contribution is -2.39. The van der Waals surface area contributed by atoms with E-state index >= 15 is 0 Å². The summed E-state index contributed by atoms with van der Waals surface area (Å²) in [6, 6.07) is 13.8. The Morgan fingerprint density at radius 1 is 1.18 bits per heavy atom. The van der Waals surface area contributed by atoms with Gasteiger partial charge in [0.15, 0.2) is 5.76 Å². The fourth-order valence-electron chi connectivity index (χ4n) is 5.27. The molecule has 1 aliphatic rings. The molecular weight excluding hydrogens is 484 g/mol. The van der Waals surface area contributed by atoms with Crippen LogP contribution in [0.1, 0.15) is 36.8 Å². The van der Waals surface area contributed by atoms with Gasteiger partial charge in [-0.3, -0.25) is 4.79 Å². The largest absolute Gasteiger partial charge is 0.497 e. The lowest BCUT2D eigenvalue weighted by molar-refractivity contribution is -0.166. The number of aromatic amines is 1. The number of ether oxygens (including phenoxy) is 3. The Morgan fingerprint density at radius 3 is 2.87 bits per heavy atom. The van der Waals surface area contributed by atoms with Crippen molar-refractivity contribution in [3.8, 4) is 5.75 Å². The van der Waals surface area contributed by atoms with Crippen LogP contribution in [-0.4, -0.2) is 49.2 Å². The number of rotatable bonds is 11. The van der Waals surface area contributed by atoms with Crippen LogP contribution in [0.15, 0.2) is 71.2 Å². The van der Waals surface area contributed by atoms with Crippen LogP contribution in [0.4, 0.5) is 0 Å². The number of H-pyrrole nitrogens is 1. The summed E-state index contributed by atoms with van der Waals surface area (Å²) in [5.41, 5.74) is 3.89. The highest BCUT2D eigenvalue weighted by Gasteiger charge is 2.39. The Labute approximate surface area is 221 Å². The number of allylic oxidation sites excluding steroid dienone is 1. The van der Waals surface area contributed by atoms with Gasteiger partial charge in [0.2, 0.25) is 6.29 Å². The van der Waals surface area contributed by atoms with Crippen LogP contribution in [0.2, 0.25) is 0 Å². The molecule has 0 saturated heterocycles. The second-order valence-corrected chi connectivity index (χ2v) is 9.45. The molecule has 3 N–H and O–H groups in total. The summed E-state index contributed by atoms with van der Waals surface area (Å²) in [6.45, 7) is 2.86. The van der Waals surface area contributed by atoms with Crippen molar-refractivity contribution in [2.45, 2.75) is 38.4 Å². The van der Waals surface area contributed by atoms with E-state index in [2.05, 4.69) is 10.3 Å². The molecule has 8 heteroatoms. The van der Waals surface area contributed by atoms with E-state index in [9.17, 15) is 9.90 Å². The fourth-order valence-corrected chi connectivity index (χ4v) is 5.27. The summed E-state index contributed by atoms with van der Waals surface area (Å²) in [5, 5.41) is 14.6. The molecule has 0 bridgehead atoms. The summed E-state index contributed by atoms with van der Waals surface area (Å²) < 4.78 is 23.3. The lowest BCUT2D eigenvalue weighted by Gasteiger charge is -2.36.